The van der Waals surface area contributed by atoms with Crippen LogP contribution in [0.5, 0.6) is 0 Å². The van der Waals surface area contributed by atoms with E-state index < -0.39 is 15.9 Å². The van der Waals surface area contributed by atoms with Crippen molar-refractivity contribution in [1.82, 2.24) is 9.29 Å². The molecule has 0 aliphatic carbocycles. The molecule has 3 rings (SSSR count). The fourth-order valence-corrected chi connectivity index (χ4v) is 4.59. The van der Waals surface area contributed by atoms with E-state index in [0.29, 0.717) is 41.7 Å². The Morgan fingerprint density at radius 2 is 1.88 bits per heavy atom. The second kappa shape index (κ2) is 7.84. The van der Waals surface area contributed by atoms with E-state index in [4.69, 9.17) is 5.73 Å². The third kappa shape index (κ3) is 4.03. The van der Waals surface area contributed by atoms with Crippen molar-refractivity contribution < 1.29 is 13.2 Å². The van der Waals surface area contributed by atoms with Gasteiger partial charge in [-0.2, -0.15) is 4.31 Å². The molecule has 1 amide bonds. The Labute approximate surface area is 153 Å². The maximum atomic E-state index is 12.6. The van der Waals surface area contributed by atoms with E-state index in [-0.39, 0.29) is 0 Å². The summed E-state index contributed by atoms with van der Waals surface area (Å²) < 4.78 is 26.8. The van der Waals surface area contributed by atoms with Gasteiger partial charge in [0, 0.05) is 32.0 Å². The molecule has 1 fully saturated rings. The van der Waals surface area contributed by atoms with Gasteiger partial charge in [0.05, 0.1) is 16.1 Å². The Kier molecular flexibility index (Phi) is 5.53. The lowest BCUT2D eigenvalue weighted by Crippen LogP contribution is -2.39. The molecule has 2 aromatic rings. The highest BCUT2D eigenvalue weighted by Crippen LogP contribution is 2.24. The molecule has 1 aromatic carbocycles. The maximum absolute atomic E-state index is 12.6. The van der Waals surface area contributed by atoms with E-state index in [1.54, 1.807) is 46.9 Å². The average molecular weight is 374 g/mol. The number of carbonyl (C=O) groups excluding carboxylic acids is 1. The second-order valence-corrected chi connectivity index (χ2v) is 8.26. The summed E-state index contributed by atoms with van der Waals surface area (Å²) in [6.07, 6.45) is 4.57. The molecule has 26 heavy (non-hydrogen) atoms. The van der Waals surface area contributed by atoms with Crippen molar-refractivity contribution in [3.8, 4) is 0 Å². The summed E-state index contributed by atoms with van der Waals surface area (Å²) in [4.78, 5) is 15.7. The third-order valence-electron chi connectivity index (χ3n) is 4.62. The number of hydrogen-bond acceptors (Lipinski definition) is 5. The SMILES string of the molecule is NC(=O)c1cnccc1NCC1CCN(S(=O)(=O)c2ccccc2)CC1. The molecule has 1 aliphatic heterocycles. The molecule has 8 heteroatoms. The molecule has 0 spiro atoms. The van der Waals surface area contributed by atoms with E-state index in [0.717, 1.165) is 12.8 Å². The van der Waals surface area contributed by atoms with Crippen LogP contribution in [0.3, 0.4) is 0 Å². The number of amides is 1. The van der Waals surface area contributed by atoms with E-state index in [1.807, 2.05) is 0 Å². The Hall–Kier alpha value is -2.45. The van der Waals surface area contributed by atoms with Crippen LogP contribution in [-0.2, 0) is 10.0 Å². The van der Waals surface area contributed by atoms with Gasteiger partial charge in [-0.25, -0.2) is 8.42 Å². The van der Waals surface area contributed by atoms with Crippen LogP contribution in [0.2, 0.25) is 0 Å². The fraction of sp³-hybridized carbons (Fsp3) is 0.333. The topological polar surface area (TPSA) is 105 Å². The van der Waals surface area contributed by atoms with Crippen LogP contribution < -0.4 is 11.1 Å². The molecule has 1 aromatic heterocycles. The number of sulfonamides is 1. The lowest BCUT2D eigenvalue weighted by molar-refractivity contribution is 0.100. The van der Waals surface area contributed by atoms with Crippen molar-refractivity contribution in [2.45, 2.75) is 17.7 Å². The number of nitrogens with zero attached hydrogens (tertiary/aromatic N) is 2. The number of piperidine rings is 1. The summed E-state index contributed by atoms with van der Waals surface area (Å²) >= 11 is 0. The summed E-state index contributed by atoms with van der Waals surface area (Å²) in [5, 5.41) is 3.24. The first kappa shape index (κ1) is 18.3. The number of pyridine rings is 1. The van der Waals surface area contributed by atoms with Crippen LogP contribution in [-0.4, -0.2) is 43.2 Å². The minimum absolute atomic E-state index is 0.325. The molecule has 2 heterocycles. The van der Waals surface area contributed by atoms with Gasteiger partial charge in [0.25, 0.3) is 5.91 Å². The first-order chi connectivity index (χ1) is 12.5. The number of primary amides is 1. The summed E-state index contributed by atoms with van der Waals surface area (Å²) in [6, 6.07) is 10.2. The van der Waals surface area contributed by atoms with Crippen LogP contribution in [0.1, 0.15) is 23.2 Å². The predicted octanol–water partition coefficient (Wildman–Crippen LogP) is 1.69. The van der Waals surface area contributed by atoms with Gasteiger partial charge < -0.3 is 11.1 Å². The van der Waals surface area contributed by atoms with Crippen molar-refractivity contribution in [2.75, 3.05) is 25.0 Å². The van der Waals surface area contributed by atoms with Crippen molar-refractivity contribution in [3.63, 3.8) is 0 Å². The minimum Gasteiger partial charge on any atom is -0.384 e. The number of nitrogens with two attached hydrogens (primary N) is 1. The first-order valence-electron chi connectivity index (χ1n) is 8.51. The number of hydrogen-bond donors (Lipinski definition) is 2. The van der Waals surface area contributed by atoms with Crippen LogP contribution in [0, 0.1) is 5.92 Å². The van der Waals surface area contributed by atoms with Crippen molar-refractivity contribution in [2.24, 2.45) is 11.7 Å². The molecule has 7 nitrogen and oxygen atoms in total. The minimum atomic E-state index is -3.43. The van der Waals surface area contributed by atoms with Gasteiger partial charge in [-0.1, -0.05) is 18.2 Å². The summed E-state index contributed by atoms with van der Waals surface area (Å²) in [6.45, 7) is 1.63. The van der Waals surface area contributed by atoms with E-state index in [2.05, 4.69) is 10.3 Å². The highest BCUT2D eigenvalue weighted by molar-refractivity contribution is 7.89. The Morgan fingerprint density at radius 1 is 1.19 bits per heavy atom. The summed E-state index contributed by atoms with van der Waals surface area (Å²) in [5.41, 5.74) is 6.37. The fourth-order valence-electron chi connectivity index (χ4n) is 3.09. The highest BCUT2D eigenvalue weighted by Gasteiger charge is 2.29. The van der Waals surface area contributed by atoms with Gasteiger partial charge in [-0.15, -0.1) is 0 Å². The Bertz CT molecular complexity index is 863. The molecule has 3 N–H and O–H groups in total. The Balaban J connectivity index is 1.57. The molecule has 0 atom stereocenters. The molecule has 0 saturated carbocycles. The van der Waals surface area contributed by atoms with Gasteiger partial charge in [0.15, 0.2) is 0 Å². The number of nitrogens with one attached hydrogen (secondary N) is 1. The van der Waals surface area contributed by atoms with Crippen molar-refractivity contribution in [1.29, 1.82) is 0 Å². The van der Waals surface area contributed by atoms with Crippen molar-refractivity contribution >= 4 is 21.6 Å². The van der Waals surface area contributed by atoms with Gasteiger partial charge in [-0.05, 0) is 37.0 Å². The normalized spacial score (nSPS) is 16.3. The van der Waals surface area contributed by atoms with Crippen LogP contribution >= 0.6 is 0 Å². The number of benzene rings is 1. The largest absolute Gasteiger partial charge is 0.384 e. The highest BCUT2D eigenvalue weighted by atomic mass is 32.2. The number of rotatable bonds is 6. The predicted molar refractivity (Wildman–Crippen MR) is 99.2 cm³/mol. The molecule has 0 unspecified atom stereocenters. The first-order valence-corrected chi connectivity index (χ1v) is 9.95. The number of carbonyl (C=O) groups is 1. The van der Waals surface area contributed by atoms with E-state index >= 15 is 0 Å². The van der Waals surface area contributed by atoms with Gasteiger partial charge in [0.1, 0.15) is 0 Å². The van der Waals surface area contributed by atoms with Crippen LogP contribution in [0.25, 0.3) is 0 Å². The van der Waals surface area contributed by atoms with Crippen molar-refractivity contribution in [3.05, 3.63) is 54.4 Å². The molecule has 1 aliphatic rings. The average Bonchev–Trinajstić information content (AvgIpc) is 2.67. The zero-order valence-corrected chi connectivity index (χ0v) is 15.2. The zero-order chi connectivity index (χ0) is 18.6. The maximum Gasteiger partial charge on any atom is 0.252 e. The zero-order valence-electron chi connectivity index (χ0n) is 14.3. The number of aromatic nitrogens is 1. The van der Waals surface area contributed by atoms with Gasteiger partial charge in [-0.3, -0.25) is 9.78 Å². The molecule has 138 valence electrons. The quantitative estimate of drug-likeness (QED) is 0.800. The molecular weight excluding hydrogens is 352 g/mol. The Morgan fingerprint density at radius 3 is 2.54 bits per heavy atom. The van der Waals surface area contributed by atoms with Gasteiger partial charge in [0.2, 0.25) is 10.0 Å². The standard InChI is InChI=1S/C18H22N4O3S/c19-18(23)16-13-20-9-6-17(16)21-12-14-7-10-22(11-8-14)26(24,25)15-4-2-1-3-5-15/h1-6,9,13-14H,7-8,10-12H2,(H2,19,23)(H,20,21). The second-order valence-electron chi connectivity index (χ2n) is 6.33. The van der Waals surface area contributed by atoms with E-state index in [1.165, 1.54) is 6.20 Å². The lowest BCUT2D eigenvalue weighted by Gasteiger charge is -2.31. The van der Waals surface area contributed by atoms with Crippen LogP contribution in [0.15, 0.2) is 53.7 Å². The van der Waals surface area contributed by atoms with Gasteiger partial charge >= 0.3 is 0 Å². The van der Waals surface area contributed by atoms with E-state index in [9.17, 15) is 13.2 Å². The molecule has 1 saturated heterocycles. The third-order valence-corrected chi connectivity index (χ3v) is 6.54. The molecular formula is C18H22N4O3S. The smallest absolute Gasteiger partial charge is 0.252 e. The monoisotopic (exact) mass is 374 g/mol. The molecule has 0 radical (unpaired) electrons. The number of anilines is 1. The molecule has 0 bridgehead atoms. The summed E-state index contributed by atoms with van der Waals surface area (Å²) in [5.74, 6) is -0.199. The lowest BCUT2D eigenvalue weighted by atomic mass is 9.98. The summed E-state index contributed by atoms with van der Waals surface area (Å²) in [7, 11) is -3.43. The van der Waals surface area contributed by atoms with Crippen LogP contribution in [0.4, 0.5) is 5.69 Å².